The van der Waals surface area contributed by atoms with Crippen molar-refractivity contribution >= 4 is 11.8 Å². The van der Waals surface area contributed by atoms with E-state index in [4.69, 9.17) is 15.6 Å². The second-order valence-corrected chi connectivity index (χ2v) is 3.96. The fourth-order valence-electron chi connectivity index (χ4n) is 1.58. The summed E-state index contributed by atoms with van der Waals surface area (Å²) in [6.45, 7) is 3.76. The molecule has 0 amide bonds. The minimum absolute atomic E-state index is 0.0804. The molecule has 1 atom stereocenters. The zero-order valence-electron chi connectivity index (χ0n) is 10.5. The lowest BCUT2D eigenvalue weighted by atomic mass is 10.0. The second-order valence-electron chi connectivity index (χ2n) is 3.96. The molecule has 0 spiro atoms. The molecule has 98 valence electrons. The van der Waals surface area contributed by atoms with Crippen LogP contribution >= 0.6 is 0 Å². The van der Waals surface area contributed by atoms with E-state index < -0.39 is 12.0 Å². The van der Waals surface area contributed by atoms with Gasteiger partial charge in [0, 0.05) is 12.0 Å². The maximum Gasteiger partial charge on any atom is 0.320 e. The highest BCUT2D eigenvalue weighted by molar-refractivity contribution is 5.94. The molecule has 0 aliphatic rings. The highest BCUT2D eigenvalue weighted by Crippen LogP contribution is 2.22. The average molecular weight is 251 g/mol. The van der Waals surface area contributed by atoms with Gasteiger partial charge < -0.3 is 15.6 Å². The van der Waals surface area contributed by atoms with Crippen LogP contribution in [0.15, 0.2) is 18.2 Å². The predicted octanol–water partition coefficient (Wildman–Crippen LogP) is 1.24. The van der Waals surface area contributed by atoms with Gasteiger partial charge in [-0.15, -0.1) is 0 Å². The third kappa shape index (κ3) is 3.56. The fraction of sp³-hybridized carbons (Fsp3) is 0.385. The SMILES string of the molecule is CCOc1ccc(C(C)=O)cc1CC(N)C(=O)O. The van der Waals surface area contributed by atoms with Crippen LogP contribution in [0.3, 0.4) is 0 Å². The zero-order chi connectivity index (χ0) is 13.7. The Morgan fingerprint density at radius 3 is 2.61 bits per heavy atom. The van der Waals surface area contributed by atoms with Crippen LogP contribution in [-0.4, -0.2) is 29.5 Å². The summed E-state index contributed by atoms with van der Waals surface area (Å²) in [5.41, 5.74) is 6.66. The number of nitrogens with two attached hydrogens (primary N) is 1. The molecule has 0 bridgehead atoms. The Balaban J connectivity index is 3.06. The van der Waals surface area contributed by atoms with Gasteiger partial charge in [0.25, 0.3) is 0 Å². The van der Waals surface area contributed by atoms with E-state index in [0.29, 0.717) is 23.5 Å². The molecule has 0 heterocycles. The Kier molecular flexibility index (Phi) is 4.85. The average Bonchev–Trinajstić information content (AvgIpc) is 2.31. The number of carboxylic acids is 1. The Labute approximate surface area is 106 Å². The molecule has 5 heteroatoms. The first-order valence-electron chi connectivity index (χ1n) is 5.70. The quantitative estimate of drug-likeness (QED) is 0.742. The molecule has 3 N–H and O–H groups in total. The topological polar surface area (TPSA) is 89.6 Å². The number of hydrogen-bond acceptors (Lipinski definition) is 4. The van der Waals surface area contributed by atoms with Crippen LogP contribution in [0, 0.1) is 0 Å². The third-order valence-electron chi connectivity index (χ3n) is 2.52. The molecule has 0 aliphatic carbocycles. The Hall–Kier alpha value is -1.88. The molecule has 0 aliphatic heterocycles. The summed E-state index contributed by atoms with van der Waals surface area (Å²) in [4.78, 5) is 22.1. The fourth-order valence-corrected chi connectivity index (χ4v) is 1.58. The molecule has 1 unspecified atom stereocenters. The lowest BCUT2D eigenvalue weighted by molar-refractivity contribution is -0.138. The van der Waals surface area contributed by atoms with Gasteiger partial charge >= 0.3 is 5.97 Å². The van der Waals surface area contributed by atoms with E-state index in [1.807, 2.05) is 6.92 Å². The van der Waals surface area contributed by atoms with E-state index >= 15 is 0 Å². The van der Waals surface area contributed by atoms with Gasteiger partial charge in [-0.05, 0) is 37.6 Å². The van der Waals surface area contributed by atoms with Crippen LogP contribution in [0.25, 0.3) is 0 Å². The van der Waals surface area contributed by atoms with Crippen LogP contribution in [0.1, 0.15) is 29.8 Å². The number of carbonyl (C=O) groups excluding carboxylic acids is 1. The van der Waals surface area contributed by atoms with Gasteiger partial charge in [0.05, 0.1) is 6.61 Å². The van der Waals surface area contributed by atoms with Crippen molar-refractivity contribution in [2.45, 2.75) is 26.3 Å². The first-order valence-corrected chi connectivity index (χ1v) is 5.70. The van der Waals surface area contributed by atoms with Gasteiger partial charge in [-0.2, -0.15) is 0 Å². The first-order chi connectivity index (χ1) is 8.45. The van der Waals surface area contributed by atoms with Gasteiger partial charge in [-0.3, -0.25) is 9.59 Å². The van der Waals surface area contributed by atoms with E-state index in [-0.39, 0.29) is 12.2 Å². The Bertz CT molecular complexity index is 456. The van der Waals surface area contributed by atoms with Crippen molar-refractivity contribution in [1.29, 1.82) is 0 Å². The van der Waals surface area contributed by atoms with Crippen molar-refractivity contribution in [2.75, 3.05) is 6.61 Å². The summed E-state index contributed by atoms with van der Waals surface area (Å²) in [5, 5.41) is 8.81. The Morgan fingerprint density at radius 2 is 2.11 bits per heavy atom. The van der Waals surface area contributed by atoms with Crippen LogP contribution in [0.5, 0.6) is 5.75 Å². The molecule has 0 saturated heterocycles. The molecule has 0 radical (unpaired) electrons. The van der Waals surface area contributed by atoms with Crippen molar-refractivity contribution in [3.63, 3.8) is 0 Å². The molecule has 1 aromatic rings. The van der Waals surface area contributed by atoms with Gasteiger partial charge in [-0.25, -0.2) is 0 Å². The number of carbonyl (C=O) groups is 2. The second kappa shape index (κ2) is 6.16. The smallest absolute Gasteiger partial charge is 0.320 e. The van der Waals surface area contributed by atoms with E-state index in [0.717, 1.165) is 0 Å². The van der Waals surface area contributed by atoms with Crippen LogP contribution in [0.2, 0.25) is 0 Å². The predicted molar refractivity (Wildman–Crippen MR) is 66.9 cm³/mol. The van der Waals surface area contributed by atoms with Crippen molar-refractivity contribution in [2.24, 2.45) is 5.73 Å². The van der Waals surface area contributed by atoms with Crippen molar-refractivity contribution in [3.05, 3.63) is 29.3 Å². The summed E-state index contributed by atoms with van der Waals surface area (Å²) < 4.78 is 5.39. The van der Waals surface area contributed by atoms with Crippen LogP contribution in [-0.2, 0) is 11.2 Å². The maximum atomic E-state index is 11.3. The standard InChI is InChI=1S/C13H17NO4/c1-3-18-12-5-4-9(8(2)15)6-10(12)7-11(14)13(16)17/h4-6,11H,3,7,14H2,1-2H3,(H,16,17). The van der Waals surface area contributed by atoms with E-state index in [9.17, 15) is 9.59 Å². The van der Waals surface area contributed by atoms with Gasteiger partial charge in [0.1, 0.15) is 11.8 Å². The summed E-state index contributed by atoms with van der Waals surface area (Å²) in [5.74, 6) is -0.590. The zero-order valence-corrected chi connectivity index (χ0v) is 10.5. The summed E-state index contributed by atoms with van der Waals surface area (Å²) in [6, 6.07) is 3.95. The van der Waals surface area contributed by atoms with Gasteiger partial charge in [0.15, 0.2) is 5.78 Å². The highest BCUT2D eigenvalue weighted by Gasteiger charge is 2.16. The third-order valence-corrected chi connectivity index (χ3v) is 2.52. The van der Waals surface area contributed by atoms with Crippen molar-refractivity contribution < 1.29 is 19.4 Å². The molecule has 0 saturated carbocycles. The molecule has 0 fully saturated rings. The van der Waals surface area contributed by atoms with Crippen molar-refractivity contribution in [1.82, 2.24) is 0 Å². The molecular weight excluding hydrogens is 234 g/mol. The lowest BCUT2D eigenvalue weighted by Gasteiger charge is -2.13. The summed E-state index contributed by atoms with van der Waals surface area (Å²) in [6.07, 6.45) is 0.131. The number of carboxylic acid groups (broad SMARTS) is 1. The molecule has 1 rings (SSSR count). The van der Waals surface area contributed by atoms with Gasteiger partial charge in [0.2, 0.25) is 0 Å². The maximum absolute atomic E-state index is 11.3. The number of ketones is 1. The van der Waals surface area contributed by atoms with Gasteiger partial charge in [-0.1, -0.05) is 0 Å². The number of benzene rings is 1. The number of ether oxygens (including phenoxy) is 1. The molecule has 1 aromatic carbocycles. The van der Waals surface area contributed by atoms with E-state index in [2.05, 4.69) is 0 Å². The van der Waals surface area contributed by atoms with Crippen molar-refractivity contribution in [3.8, 4) is 5.75 Å². The first kappa shape index (κ1) is 14.2. The minimum Gasteiger partial charge on any atom is -0.494 e. The van der Waals surface area contributed by atoms with Crippen LogP contribution in [0.4, 0.5) is 0 Å². The molecular formula is C13H17NO4. The Morgan fingerprint density at radius 1 is 1.44 bits per heavy atom. The number of aliphatic carboxylic acids is 1. The number of Topliss-reactive ketones (excluding diaryl/α,β-unsaturated/α-hetero) is 1. The van der Waals surface area contributed by atoms with Crippen LogP contribution < -0.4 is 10.5 Å². The number of hydrogen-bond donors (Lipinski definition) is 2. The normalized spacial score (nSPS) is 11.9. The number of rotatable bonds is 6. The molecule has 18 heavy (non-hydrogen) atoms. The summed E-state index contributed by atoms with van der Waals surface area (Å²) in [7, 11) is 0. The molecule has 0 aromatic heterocycles. The minimum atomic E-state index is -1.08. The summed E-state index contributed by atoms with van der Waals surface area (Å²) >= 11 is 0. The largest absolute Gasteiger partial charge is 0.494 e. The van der Waals surface area contributed by atoms with E-state index in [1.165, 1.54) is 6.92 Å². The van der Waals surface area contributed by atoms with E-state index in [1.54, 1.807) is 18.2 Å². The highest BCUT2D eigenvalue weighted by atomic mass is 16.5. The lowest BCUT2D eigenvalue weighted by Crippen LogP contribution is -2.32. The monoisotopic (exact) mass is 251 g/mol. The molecule has 5 nitrogen and oxygen atoms in total.